The quantitative estimate of drug-likeness (QED) is 0.387. The summed E-state index contributed by atoms with van der Waals surface area (Å²) in [7, 11) is 5.20. The Kier molecular flexibility index (Phi) is 8.70. The molecule has 6 heteroatoms. The molecule has 1 aromatic rings. The number of anilines is 1. The van der Waals surface area contributed by atoms with Crippen LogP contribution < -0.4 is 15.8 Å². The summed E-state index contributed by atoms with van der Waals surface area (Å²) in [6.07, 6.45) is 4.50. The normalized spacial score (nSPS) is 12.8. The fourth-order valence-electron chi connectivity index (χ4n) is 2.45. The standard InChI is InChI=1S/C19H29N3O3/c1-6-8-9-14(7-2)17(19(24)25-5)20-21-18(23)15-10-12-16(13-11-15)22(3)4/h7,10-14,17,20H,2,6,8-9H2,1,3-5H3,(H,21,23)/t14-,17+/m0/s1. The topological polar surface area (TPSA) is 70.7 Å². The van der Waals surface area contributed by atoms with E-state index in [9.17, 15) is 9.59 Å². The lowest BCUT2D eigenvalue weighted by atomic mass is 9.94. The van der Waals surface area contributed by atoms with Gasteiger partial charge in [-0.25, -0.2) is 5.43 Å². The molecular formula is C19H29N3O3. The van der Waals surface area contributed by atoms with Crippen molar-refractivity contribution in [1.82, 2.24) is 10.9 Å². The summed E-state index contributed by atoms with van der Waals surface area (Å²) >= 11 is 0. The van der Waals surface area contributed by atoms with Crippen LogP contribution in [0.4, 0.5) is 5.69 Å². The van der Waals surface area contributed by atoms with Gasteiger partial charge in [0.05, 0.1) is 7.11 Å². The highest BCUT2D eigenvalue weighted by molar-refractivity contribution is 5.94. The van der Waals surface area contributed by atoms with Crippen LogP contribution in [0.2, 0.25) is 0 Å². The highest BCUT2D eigenvalue weighted by atomic mass is 16.5. The molecule has 2 N–H and O–H groups in total. The minimum absolute atomic E-state index is 0.121. The number of unbranched alkanes of at least 4 members (excludes halogenated alkanes) is 1. The lowest BCUT2D eigenvalue weighted by Crippen LogP contribution is -2.51. The number of ether oxygens (including phenoxy) is 1. The van der Waals surface area contributed by atoms with Crippen molar-refractivity contribution < 1.29 is 14.3 Å². The molecule has 138 valence electrons. The Morgan fingerprint density at radius 2 is 1.92 bits per heavy atom. The summed E-state index contributed by atoms with van der Waals surface area (Å²) in [5.74, 6) is -0.856. The number of carbonyl (C=O) groups excluding carboxylic acids is 2. The van der Waals surface area contributed by atoms with Crippen LogP contribution >= 0.6 is 0 Å². The Balaban J connectivity index is 2.75. The number of hydrogen-bond donors (Lipinski definition) is 2. The van der Waals surface area contributed by atoms with E-state index in [0.29, 0.717) is 5.56 Å². The predicted molar refractivity (Wildman–Crippen MR) is 100 cm³/mol. The number of nitrogens with zero attached hydrogens (tertiary/aromatic N) is 1. The van der Waals surface area contributed by atoms with Gasteiger partial charge in [-0.2, -0.15) is 0 Å². The first kappa shape index (κ1) is 20.7. The van der Waals surface area contributed by atoms with Crippen LogP contribution in [0.25, 0.3) is 0 Å². The minimum Gasteiger partial charge on any atom is -0.468 e. The Morgan fingerprint density at radius 1 is 1.28 bits per heavy atom. The molecule has 0 aliphatic rings. The highest BCUT2D eigenvalue weighted by Crippen LogP contribution is 2.16. The molecule has 0 saturated heterocycles. The molecule has 0 aromatic heterocycles. The molecular weight excluding hydrogens is 318 g/mol. The van der Waals surface area contributed by atoms with Crippen LogP contribution in [-0.2, 0) is 9.53 Å². The summed E-state index contributed by atoms with van der Waals surface area (Å²) in [5.41, 5.74) is 6.92. The zero-order chi connectivity index (χ0) is 18.8. The highest BCUT2D eigenvalue weighted by Gasteiger charge is 2.27. The van der Waals surface area contributed by atoms with Crippen LogP contribution in [0.5, 0.6) is 0 Å². The number of rotatable bonds is 10. The summed E-state index contributed by atoms with van der Waals surface area (Å²) in [6.45, 7) is 5.88. The molecule has 0 bridgehead atoms. The molecule has 0 fully saturated rings. The SMILES string of the molecule is C=C[C@@H](CCCC)[C@@H](NNC(=O)c1ccc(N(C)C)cc1)C(=O)OC. The molecule has 1 rings (SSSR count). The third-order valence-corrected chi connectivity index (χ3v) is 4.06. The van der Waals surface area contributed by atoms with E-state index in [4.69, 9.17) is 4.74 Å². The zero-order valence-corrected chi connectivity index (χ0v) is 15.5. The third kappa shape index (κ3) is 6.23. The van der Waals surface area contributed by atoms with Gasteiger partial charge < -0.3 is 9.64 Å². The largest absolute Gasteiger partial charge is 0.468 e. The molecule has 25 heavy (non-hydrogen) atoms. The van der Waals surface area contributed by atoms with Gasteiger partial charge in [0.15, 0.2) is 0 Å². The Morgan fingerprint density at radius 3 is 2.40 bits per heavy atom. The molecule has 0 heterocycles. The van der Waals surface area contributed by atoms with Crippen LogP contribution in [0, 0.1) is 5.92 Å². The molecule has 0 spiro atoms. The van der Waals surface area contributed by atoms with E-state index in [-0.39, 0.29) is 11.8 Å². The second-order valence-corrected chi connectivity index (χ2v) is 6.08. The van der Waals surface area contributed by atoms with Crippen molar-refractivity contribution in [1.29, 1.82) is 0 Å². The number of nitrogens with one attached hydrogen (secondary N) is 2. The number of esters is 1. The van der Waals surface area contributed by atoms with Crippen molar-refractivity contribution >= 4 is 17.6 Å². The summed E-state index contributed by atoms with van der Waals surface area (Å²) in [5, 5.41) is 0. The fraction of sp³-hybridized carbons (Fsp3) is 0.474. The first-order valence-electron chi connectivity index (χ1n) is 8.48. The first-order chi connectivity index (χ1) is 11.9. The number of benzene rings is 1. The van der Waals surface area contributed by atoms with Gasteiger partial charge in [-0.15, -0.1) is 6.58 Å². The van der Waals surface area contributed by atoms with Crippen molar-refractivity contribution in [2.24, 2.45) is 5.92 Å². The summed E-state index contributed by atoms with van der Waals surface area (Å²) in [6, 6.07) is 6.53. The van der Waals surface area contributed by atoms with Gasteiger partial charge >= 0.3 is 5.97 Å². The Labute approximate surface area is 150 Å². The van der Waals surface area contributed by atoms with Gasteiger partial charge in [-0.3, -0.25) is 15.0 Å². The van der Waals surface area contributed by atoms with E-state index in [2.05, 4.69) is 24.4 Å². The molecule has 0 aliphatic heterocycles. The van der Waals surface area contributed by atoms with E-state index in [1.165, 1.54) is 7.11 Å². The van der Waals surface area contributed by atoms with Crippen molar-refractivity contribution in [2.75, 3.05) is 26.1 Å². The van der Waals surface area contributed by atoms with Crippen LogP contribution in [-0.4, -0.2) is 39.1 Å². The average molecular weight is 347 g/mol. The molecule has 0 saturated carbocycles. The van der Waals surface area contributed by atoms with E-state index < -0.39 is 12.0 Å². The summed E-state index contributed by atoms with van der Waals surface area (Å²) in [4.78, 5) is 26.3. The van der Waals surface area contributed by atoms with Crippen LogP contribution in [0.1, 0.15) is 36.5 Å². The number of hydrogen-bond acceptors (Lipinski definition) is 5. The van der Waals surface area contributed by atoms with Gasteiger partial charge in [-0.1, -0.05) is 25.8 Å². The number of hydrazine groups is 1. The molecule has 0 unspecified atom stereocenters. The molecule has 6 nitrogen and oxygen atoms in total. The van der Waals surface area contributed by atoms with E-state index in [1.807, 2.05) is 31.1 Å². The van der Waals surface area contributed by atoms with Crippen LogP contribution in [0.15, 0.2) is 36.9 Å². The molecule has 0 radical (unpaired) electrons. The first-order valence-corrected chi connectivity index (χ1v) is 8.48. The molecule has 1 aromatic carbocycles. The van der Waals surface area contributed by atoms with Crippen molar-refractivity contribution in [3.05, 3.63) is 42.5 Å². The second kappa shape index (κ2) is 10.5. The van der Waals surface area contributed by atoms with Gasteiger partial charge in [0.2, 0.25) is 0 Å². The Bertz CT molecular complexity index is 570. The van der Waals surface area contributed by atoms with Crippen LogP contribution in [0.3, 0.4) is 0 Å². The predicted octanol–water partition coefficient (Wildman–Crippen LogP) is 2.52. The summed E-state index contributed by atoms with van der Waals surface area (Å²) < 4.78 is 4.85. The van der Waals surface area contributed by atoms with Gasteiger partial charge in [0.25, 0.3) is 5.91 Å². The average Bonchev–Trinajstić information content (AvgIpc) is 2.63. The second-order valence-electron chi connectivity index (χ2n) is 6.08. The lowest BCUT2D eigenvalue weighted by Gasteiger charge is -2.23. The maximum absolute atomic E-state index is 12.3. The van der Waals surface area contributed by atoms with E-state index >= 15 is 0 Å². The molecule has 0 aliphatic carbocycles. The maximum atomic E-state index is 12.3. The monoisotopic (exact) mass is 347 g/mol. The van der Waals surface area contributed by atoms with Gasteiger partial charge in [0.1, 0.15) is 6.04 Å². The number of carbonyl (C=O) groups is 2. The molecule has 1 amide bonds. The van der Waals surface area contributed by atoms with E-state index in [0.717, 1.165) is 24.9 Å². The van der Waals surface area contributed by atoms with Gasteiger partial charge in [-0.05, 0) is 30.7 Å². The van der Waals surface area contributed by atoms with E-state index in [1.54, 1.807) is 18.2 Å². The number of amides is 1. The zero-order valence-electron chi connectivity index (χ0n) is 15.5. The van der Waals surface area contributed by atoms with Crippen molar-refractivity contribution in [3.8, 4) is 0 Å². The Hall–Kier alpha value is -2.34. The number of methoxy groups -OCH3 is 1. The minimum atomic E-state index is -0.668. The smallest absolute Gasteiger partial charge is 0.325 e. The third-order valence-electron chi connectivity index (χ3n) is 4.06. The van der Waals surface area contributed by atoms with Crippen molar-refractivity contribution in [3.63, 3.8) is 0 Å². The maximum Gasteiger partial charge on any atom is 0.325 e. The lowest BCUT2D eigenvalue weighted by molar-refractivity contribution is -0.144. The van der Waals surface area contributed by atoms with Gasteiger partial charge in [0, 0.05) is 31.3 Å². The van der Waals surface area contributed by atoms with Crippen molar-refractivity contribution in [2.45, 2.75) is 32.2 Å². The fourth-order valence-corrected chi connectivity index (χ4v) is 2.45. The molecule has 2 atom stereocenters.